The van der Waals surface area contributed by atoms with Crippen molar-refractivity contribution in [2.45, 2.75) is 45.1 Å². The number of ether oxygens (including phenoxy) is 1. The Kier molecular flexibility index (Phi) is 5.06. The molecule has 1 heterocycles. The molecule has 1 fully saturated rings. The molecule has 0 radical (unpaired) electrons. The monoisotopic (exact) mass is 278 g/mol. The maximum atomic E-state index is 10.1. The summed E-state index contributed by atoms with van der Waals surface area (Å²) in [4.78, 5) is 1.50. The van der Waals surface area contributed by atoms with Gasteiger partial charge >= 0.3 is 0 Å². The zero-order chi connectivity index (χ0) is 14.6. The van der Waals surface area contributed by atoms with Gasteiger partial charge in [0.1, 0.15) is 25.0 Å². The Bertz CT molecular complexity index is 419. The van der Waals surface area contributed by atoms with E-state index in [4.69, 9.17) is 4.74 Å². The average molecular weight is 278 g/mol. The summed E-state index contributed by atoms with van der Waals surface area (Å²) in [5, 5.41) is 10.1. The summed E-state index contributed by atoms with van der Waals surface area (Å²) in [6.45, 7) is 10.1. The molecule has 3 heteroatoms. The molecule has 2 N–H and O–H groups in total. The van der Waals surface area contributed by atoms with E-state index in [0.29, 0.717) is 6.61 Å². The number of quaternary nitrogens is 1. The van der Waals surface area contributed by atoms with Gasteiger partial charge in [-0.15, -0.1) is 0 Å². The van der Waals surface area contributed by atoms with E-state index in [1.165, 1.54) is 36.4 Å². The predicted octanol–water partition coefficient (Wildman–Crippen LogP) is 1.40. The molecule has 1 aromatic rings. The van der Waals surface area contributed by atoms with Gasteiger partial charge in [-0.05, 0) is 17.0 Å². The standard InChI is InChI=1S/C17H27NO2/c1-17(2,3)15-8-4-5-9-16(15)20-13-14(19)12-18-10-6-7-11-18/h4-5,8-9,14,19H,6-7,10-13H2,1-3H3/p+1/t14-/m0/s1. The third kappa shape index (κ3) is 4.22. The predicted molar refractivity (Wildman–Crippen MR) is 81.4 cm³/mol. The normalized spacial score (nSPS) is 18.2. The summed E-state index contributed by atoms with van der Waals surface area (Å²) in [7, 11) is 0. The van der Waals surface area contributed by atoms with Crippen LogP contribution in [-0.4, -0.2) is 37.5 Å². The lowest BCUT2D eigenvalue weighted by Crippen LogP contribution is -3.11. The van der Waals surface area contributed by atoms with Gasteiger partial charge in [0.15, 0.2) is 0 Å². The van der Waals surface area contributed by atoms with Crippen molar-refractivity contribution in [1.29, 1.82) is 0 Å². The van der Waals surface area contributed by atoms with Crippen LogP contribution in [0.4, 0.5) is 0 Å². The van der Waals surface area contributed by atoms with Gasteiger partial charge in [-0.25, -0.2) is 0 Å². The van der Waals surface area contributed by atoms with E-state index >= 15 is 0 Å². The van der Waals surface area contributed by atoms with Crippen molar-refractivity contribution >= 4 is 0 Å². The molecule has 0 amide bonds. The molecule has 112 valence electrons. The Hall–Kier alpha value is -1.06. The second kappa shape index (κ2) is 6.59. The number of hydrogen-bond acceptors (Lipinski definition) is 2. The van der Waals surface area contributed by atoms with E-state index in [0.717, 1.165) is 12.3 Å². The van der Waals surface area contributed by atoms with Crippen molar-refractivity contribution in [2.24, 2.45) is 0 Å². The quantitative estimate of drug-likeness (QED) is 0.854. The molecular formula is C17H28NO2+. The highest BCUT2D eigenvalue weighted by atomic mass is 16.5. The Labute approximate surface area is 122 Å². The fourth-order valence-electron chi connectivity index (χ4n) is 2.87. The van der Waals surface area contributed by atoms with Gasteiger partial charge in [-0.2, -0.15) is 0 Å². The van der Waals surface area contributed by atoms with Crippen LogP contribution in [0.5, 0.6) is 5.75 Å². The number of likely N-dealkylation sites (tertiary alicyclic amines) is 1. The first-order valence-corrected chi connectivity index (χ1v) is 7.71. The largest absolute Gasteiger partial charge is 0.490 e. The number of nitrogens with one attached hydrogen (secondary N) is 1. The molecule has 1 saturated heterocycles. The molecule has 1 atom stereocenters. The lowest BCUT2D eigenvalue weighted by Gasteiger charge is -2.24. The molecule has 1 aromatic carbocycles. The van der Waals surface area contributed by atoms with Crippen LogP contribution in [0.15, 0.2) is 24.3 Å². The van der Waals surface area contributed by atoms with Crippen LogP contribution in [0.3, 0.4) is 0 Å². The van der Waals surface area contributed by atoms with Gasteiger partial charge in [0, 0.05) is 12.8 Å². The van der Waals surface area contributed by atoms with Gasteiger partial charge < -0.3 is 14.7 Å². The lowest BCUT2D eigenvalue weighted by atomic mass is 9.86. The first kappa shape index (κ1) is 15.3. The highest BCUT2D eigenvalue weighted by Crippen LogP contribution is 2.30. The number of hydrogen-bond donors (Lipinski definition) is 2. The maximum Gasteiger partial charge on any atom is 0.137 e. The van der Waals surface area contributed by atoms with Crippen LogP contribution in [0.25, 0.3) is 0 Å². The second-order valence-corrected chi connectivity index (χ2v) is 6.87. The molecular weight excluding hydrogens is 250 g/mol. The Balaban J connectivity index is 1.90. The molecule has 2 rings (SSSR count). The molecule has 0 unspecified atom stereocenters. The molecule has 20 heavy (non-hydrogen) atoms. The van der Waals surface area contributed by atoms with Crippen molar-refractivity contribution in [3.8, 4) is 5.75 Å². The number of para-hydroxylation sites is 1. The first-order valence-electron chi connectivity index (χ1n) is 7.71. The smallest absolute Gasteiger partial charge is 0.137 e. The summed E-state index contributed by atoms with van der Waals surface area (Å²) < 4.78 is 5.87. The molecule has 0 aromatic heterocycles. The third-order valence-corrected chi connectivity index (χ3v) is 3.96. The summed E-state index contributed by atoms with van der Waals surface area (Å²) in [6.07, 6.45) is 2.20. The van der Waals surface area contributed by atoms with E-state index in [-0.39, 0.29) is 11.5 Å². The van der Waals surface area contributed by atoms with Gasteiger partial charge in [-0.1, -0.05) is 39.0 Å². The molecule has 1 aliphatic heterocycles. The van der Waals surface area contributed by atoms with Crippen molar-refractivity contribution < 1.29 is 14.7 Å². The van der Waals surface area contributed by atoms with Gasteiger partial charge in [0.2, 0.25) is 0 Å². The molecule has 1 aliphatic rings. The minimum Gasteiger partial charge on any atom is -0.490 e. The topological polar surface area (TPSA) is 33.9 Å². The number of benzene rings is 1. The molecule has 0 spiro atoms. The summed E-state index contributed by atoms with van der Waals surface area (Å²) in [5.74, 6) is 0.899. The zero-order valence-electron chi connectivity index (χ0n) is 13.0. The Morgan fingerprint density at radius 2 is 1.85 bits per heavy atom. The van der Waals surface area contributed by atoms with Crippen LogP contribution in [0.2, 0.25) is 0 Å². The summed E-state index contributed by atoms with van der Waals surface area (Å²) in [5.41, 5.74) is 1.25. The summed E-state index contributed by atoms with van der Waals surface area (Å²) >= 11 is 0. The van der Waals surface area contributed by atoms with Gasteiger partial charge in [0.25, 0.3) is 0 Å². The van der Waals surface area contributed by atoms with Crippen LogP contribution in [0.1, 0.15) is 39.2 Å². The third-order valence-electron chi connectivity index (χ3n) is 3.96. The molecule has 0 bridgehead atoms. The average Bonchev–Trinajstić information content (AvgIpc) is 2.88. The molecule has 0 aliphatic carbocycles. The highest BCUT2D eigenvalue weighted by molar-refractivity contribution is 5.38. The van der Waals surface area contributed by atoms with Crippen LogP contribution >= 0.6 is 0 Å². The van der Waals surface area contributed by atoms with E-state index < -0.39 is 0 Å². The number of aliphatic hydroxyl groups excluding tert-OH is 1. The molecule has 3 nitrogen and oxygen atoms in total. The number of aliphatic hydroxyl groups is 1. The Morgan fingerprint density at radius 3 is 2.50 bits per heavy atom. The van der Waals surface area contributed by atoms with Crippen LogP contribution < -0.4 is 9.64 Å². The second-order valence-electron chi connectivity index (χ2n) is 6.87. The van der Waals surface area contributed by atoms with E-state index in [1.807, 2.05) is 18.2 Å². The van der Waals surface area contributed by atoms with Crippen molar-refractivity contribution in [3.05, 3.63) is 29.8 Å². The van der Waals surface area contributed by atoms with E-state index in [2.05, 4.69) is 26.8 Å². The van der Waals surface area contributed by atoms with E-state index in [9.17, 15) is 5.11 Å². The van der Waals surface area contributed by atoms with Crippen molar-refractivity contribution in [3.63, 3.8) is 0 Å². The van der Waals surface area contributed by atoms with E-state index in [1.54, 1.807) is 0 Å². The zero-order valence-corrected chi connectivity index (χ0v) is 13.0. The Morgan fingerprint density at radius 1 is 1.20 bits per heavy atom. The minimum absolute atomic E-state index is 0.0573. The van der Waals surface area contributed by atoms with Crippen LogP contribution in [0, 0.1) is 0 Å². The fraction of sp³-hybridized carbons (Fsp3) is 0.647. The highest BCUT2D eigenvalue weighted by Gasteiger charge is 2.21. The summed E-state index contributed by atoms with van der Waals surface area (Å²) in [6, 6.07) is 8.13. The minimum atomic E-state index is -0.379. The SMILES string of the molecule is CC(C)(C)c1ccccc1OC[C@@H](O)C[NH+]1CCCC1. The number of rotatable bonds is 5. The van der Waals surface area contributed by atoms with Gasteiger partial charge in [-0.3, -0.25) is 0 Å². The van der Waals surface area contributed by atoms with Crippen molar-refractivity contribution in [1.82, 2.24) is 0 Å². The lowest BCUT2D eigenvalue weighted by molar-refractivity contribution is -0.890. The van der Waals surface area contributed by atoms with Crippen molar-refractivity contribution in [2.75, 3.05) is 26.2 Å². The van der Waals surface area contributed by atoms with Crippen LogP contribution in [-0.2, 0) is 5.41 Å². The van der Waals surface area contributed by atoms with Gasteiger partial charge in [0.05, 0.1) is 13.1 Å². The molecule has 0 saturated carbocycles. The first-order chi connectivity index (χ1) is 9.47. The fourth-order valence-corrected chi connectivity index (χ4v) is 2.87. The maximum absolute atomic E-state index is 10.1.